The molecule has 1 saturated carbocycles. The van der Waals surface area contributed by atoms with Crippen molar-refractivity contribution < 1.29 is 9.59 Å². The Bertz CT molecular complexity index is 520. The predicted octanol–water partition coefficient (Wildman–Crippen LogP) is 1.84. The van der Waals surface area contributed by atoms with Gasteiger partial charge in [0.25, 0.3) is 5.91 Å². The third-order valence-corrected chi connectivity index (χ3v) is 3.96. The van der Waals surface area contributed by atoms with Gasteiger partial charge in [0, 0.05) is 26.1 Å². The number of nitrogens with one attached hydrogen (secondary N) is 1. The molecule has 0 spiro atoms. The number of hydrogen-bond donors (Lipinski definition) is 2. The molecular weight excluding hydrogens is 266 g/mol. The molecule has 21 heavy (non-hydrogen) atoms. The third kappa shape index (κ3) is 3.82. The minimum absolute atomic E-state index is 0.00712. The zero-order valence-corrected chi connectivity index (χ0v) is 12.6. The quantitative estimate of drug-likeness (QED) is 0.891. The molecule has 1 aliphatic rings. The second kappa shape index (κ2) is 6.72. The van der Waals surface area contributed by atoms with E-state index in [9.17, 15) is 9.59 Å². The van der Waals surface area contributed by atoms with Gasteiger partial charge in [-0.2, -0.15) is 0 Å². The van der Waals surface area contributed by atoms with Gasteiger partial charge in [-0.25, -0.2) is 0 Å². The highest BCUT2D eigenvalue weighted by molar-refractivity contribution is 6.04. The van der Waals surface area contributed by atoms with Crippen LogP contribution in [0.1, 0.15) is 36.0 Å². The smallest absolute Gasteiger partial charge is 0.255 e. The first-order valence-electron chi connectivity index (χ1n) is 7.36. The number of rotatable bonds is 3. The van der Waals surface area contributed by atoms with E-state index < -0.39 is 0 Å². The van der Waals surface area contributed by atoms with Crippen molar-refractivity contribution in [3.63, 3.8) is 0 Å². The van der Waals surface area contributed by atoms with Crippen molar-refractivity contribution in [2.75, 3.05) is 19.4 Å². The van der Waals surface area contributed by atoms with Crippen molar-refractivity contribution in [3.8, 4) is 0 Å². The topological polar surface area (TPSA) is 75.4 Å². The molecule has 1 aliphatic carbocycles. The Hall–Kier alpha value is -1.88. The van der Waals surface area contributed by atoms with Gasteiger partial charge in [0.2, 0.25) is 5.91 Å². The maximum absolute atomic E-state index is 12.3. The van der Waals surface area contributed by atoms with Crippen molar-refractivity contribution in [2.45, 2.75) is 31.7 Å². The number of benzene rings is 1. The molecule has 1 aromatic rings. The summed E-state index contributed by atoms with van der Waals surface area (Å²) in [5, 5.41) is 2.90. The van der Waals surface area contributed by atoms with Crippen LogP contribution < -0.4 is 11.1 Å². The Morgan fingerprint density at radius 1 is 1.14 bits per heavy atom. The molecule has 0 aliphatic heterocycles. The van der Waals surface area contributed by atoms with Crippen molar-refractivity contribution in [2.24, 2.45) is 11.7 Å². The molecule has 0 bridgehead atoms. The average Bonchev–Trinajstić information content (AvgIpc) is 2.47. The zero-order chi connectivity index (χ0) is 15.4. The number of para-hydroxylation sites is 1. The van der Waals surface area contributed by atoms with E-state index in [0.29, 0.717) is 11.3 Å². The van der Waals surface area contributed by atoms with Gasteiger partial charge in [-0.15, -0.1) is 0 Å². The van der Waals surface area contributed by atoms with Gasteiger partial charge in [0.1, 0.15) is 0 Å². The summed E-state index contributed by atoms with van der Waals surface area (Å²) < 4.78 is 0. The minimum Gasteiger partial charge on any atom is -0.345 e. The van der Waals surface area contributed by atoms with Crippen LogP contribution in [-0.2, 0) is 4.79 Å². The Morgan fingerprint density at radius 2 is 1.76 bits per heavy atom. The first-order chi connectivity index (χ1) is 9.99. The lowest BCUT2D eigenvalue weighted by Gasteiger charge is -2.25. The molecule has 0 atom stereocenters. The summed E-state index contributed by atoms with van der Waals surface area (Å²) in [6.07, 6.45) is 3.40. The number of carbonyl (C=O) groups excluding carboxylic acids is 2. The molecule has 0 aromatic heterocycles. The molecule has 0 heterocycles. The van der Waals surface area contributed by atoms with Crippen LogP contribution >= 0.6 is 0 Å². The normalized spacial score (nSPS) is 21.7. The number of nitrogens with zero attached hydrogens (tertiary/aromatic N) is 1. The number of nitrogens with two attached hydrogens (primary N) is 1. The average molecular weight is 289 g/mol. The minimum atomic E-state index is -0.114. The Morgan fingerprint density at radius 3 is 2.38 bits per heavy atom. The highest BCUT2D eigenvalue weighted by Crippen LogP contribution is 2.25. The molecule has 2 amide bonds. The van der Waals surface area contributed by atoms with E-state index in [2.05, 4.69) is 5.32 Å². The summed E-state index contributed by atoms with van der Waals surface area (Å²) in [4.78, 5) is 26.0. The van der Waals surface area contributed by atoms with E-state index in [1.807, 2.05) is 6.07 Å². The third-order valence-electron chi connectivity index (χ3n) is 3.96. The predicted molar refractivity (Wildman–Crippen MR) is 83.0 cm³/mol. The summed E-state index contributed by atoms with van der Waals surface area (Å²) in [5.74, 6) is -0.134. The van der Waals surface area contributed by atoms with Crippen LogP contribution in [0.3, 0.4) is 0 Å². The molecule has 0 unspecified atom stereocenters. The Kier molecular flexibility index (Phi) is 4.96. The fourth-order valence-electron chi connectivity index (χ4n) is 2.64. The summed E-state index contributed by atoms with van der Waals surface area (Å²) >= 11 is 0. The molecule has 0 saturated heterocycles. The Labute approximate surface area is 125 Å². The number of carbonyl (C=O) groups is 2. The standard InChI is InChI=1S/C16H23N3O2/c1-19(2)16(21)13-5-3-4-6-14(13)18-15(20)11-7-9-12(17)10-8-11/h3-6,11-12H,7-10,17H2,1-2H3,(H,18,20). The maximum Gasteiger partial charge on any atom is 0.255 e. The molecule has 1 fully saturated rings. The Balaban J connectivity index is 2.09. The molecule has 2 rings (SSSR count). The van der Waals surface area contributed by atoms with Crippen molar-refractivity contribution >= 4 is 17.5 Å². The lowest BCUT2D eigenvalue weighted by Crippen LogP contribution is -2.33. The first kappa shape index (κ1) is 15.5. The maximum atomic E-state index is 12.3. The van der Waals surface area contributed by atoms with Crippen molar-refractivity contribution in [3.05, 3.63) is 29.8 Å². The fraction of sp³-hybridized carbons (Fsp3) is 0.500. The molecule has 5 heteroatoms. The van der Waals surface area contributed by atoms with Gasteiger partial charge in [0.05, 0.1) is 11.3 Å². The van der Waals surface area contributed by atoms with E-state index in [4.69, 9.17) is 5.73 Å². The number of anilines is 1. The summed E-state index contributed by atoms with van der Waals surface area (Å²) in [7, 11) is 3.40. The van der Waals surface area contributed by atoms with Gasteiger partial charge < -0.3 is 16.0 Å². The van der Waals surface area contributed by atoms with E-state index in [1.165, 1.54) is 4.90 Å². The summed E-state index contributed by atoms with van der Waals surface area (Å²) in [6.45, 7) is 0. The van der Waals surface area contributed by atoms with Crippen LogP contribution in [0, 0.1) is 5.92 Å². The van der Waals surface area contributed by atoms with E-state index >= 15 is 0 Å². The van der Waals surface area contributed by atoms with Gasteiger partial charge in [-0.05, 0) is 37.8 Å². The largest absolute Gasteiger partial charge is 0.345 e. The number of hydrogen-bond acceptors (Lipinski definition) is 3. The van der Waals surface area contributed by atoms with E-state index in [0.717, 1.165) is 25.7 Å². The van der Waals surface area contributed by atoms with Crippen molar-refractivity contribution in [1.29, 1.82) is 0 Å². The first-order valence-corrected chi connectivity index (χ1v) is 7.36. The lowest BCUT2D eigenvalue weighted by atomic mass is 9.86. The summed E-state index contributed by atoms with van der Waals surface area (Å²) in [6, 6.07) is 7.33. The van der Waals surface area contributed by atoms with Gasteiger partial charge in [-0.1, -0.05) is 12.1 Å². The second-order valence-electron chi connectivity index (χ2n) is 5.85. The summed E-state index contributed by atoms with van der Waals surface area (Å²) in [5.41, 5.74) is 6.96. The van der Waals surface area contributed by atoms with Crippen LogP contribution in [0.2, 0.25) is 0 Å². The van der Waals surface area contributed by atoms with Gasteiger partial charge in [-0.3, -0.25) is 9.59 Å². The van der Waals surface area contributed by atoms with Gasteiger partial charge in [0.15, 0.2) is 0 Å². The monoisotopic (exact) mass is 289 g/mol. The van der Waals surface area contributed by atoms with E-state index in [1.54, 1.807) is 32.3 Å². The molecule has 1 aromatic carbocycles. The van der Waals surface area contributed by atoms with Crippen LogP contribution in [0.5, 0.6) is 0 Å². The zero-order valence-electron chi connectivity index (χ0n) is 12.6. The molecule has 3 N–H and O–H groups in total. The van der Waals surface area contributed by atoms with Crippen LogP contribution in [-0.4, -0.2) is 36.9 Å². The van der Waals surface area contributed by atoms with Crippen LogP contribution in [0.4, 0.5) is 5.69 Å². The van der Waals surface area contributed by atoms with E-state index in [-0.39, 0.29) is 23.8 Å². The molecule has 5 nitrogen and oxygen atoms in total. The van der Waals surface area contributed by atoms with Crippen molar-refractivity contribution in [1.82, 2.24) is 4.90 Å². The SMILES string of the molecule is CN(C)C(=O)c1ccccc1NC(=O)C1CCC(N)CC1. The van der Waals surface area contributed by atoms with Crippen LogP contribution in [0.15, 0.2) is 24.3 Å². The molecule has 114 valence electrons. The van der Waals surface area contributed by atoms with Gasteiger partial charge >= 0.3 is 0 Å². The second-order valence-corrected chi connectivity index (χ2v) is 5.85. The highest BCUT2D eigenvalue weighted by Gasteiger charge is 2.25. The highest BCUT2D eigenvalue weighted by atomic mass is 16.2. The van der Waals surface area contributed by atoms with Crippen LogP contribution in [0.25, 0.3) is 0 Å². The fourth-order valence-corrected chi connectivity index (χ4v) is 2.64. The molecular formula is C16H23N3O2. The molecule has 0 radical (unpaired) electrons. The lowest BCUT2D eigenvalue weighted by molar-refractivity contribution is -0.120. The number of amides is 2.